The molecule has 0 fully saturated rings. The van der Waals surface area contributed by atoms with Crippen molar-refractivity contribution in [2.45, 2.75) is 33.4 Å². The Kier molecular flexibility index (Phi) is 9.43. The van der Waals surface area contributed by atoms with Gasteiger partial charge in [-0.05, 0) is 70.2 Å². The van der Waals surface area contributed by atoms with Crippen LogP contribution in [0.1, 0.15) is 42.3 Å². The first-order valence-electron chi connectivity index (χ1n) is 12.5. The number of ether oxygens (including phenoxy) is 4. The molecule has 0 saturated carbocycles. The van der Waals surface area contributed by atoms with Gasteiger partial charge in [0.2, 0.25) is 6.79 Å². The lowest BCUT2D eigenvalue weighted by molar-refractivity contribution is -0.123. The molecule has 0 saturated heterocycles. The van der Waals surface area contributed by atoms with Crippen molar-refractivity contribution in [3.8, 4) is 23.0 Å². The lowest BCUT2D eigenvalue weighted by atomic mass is 10.0. The molecule has 204 valence electrons. The lowest BCUT2D eigenvalue weighted by Gasteiger charge is -2.20. The molecule has 1 heterocycles. The number of hydrazone groups is 1. The number of nitrogens with one attached hydrogen (secondary N) is 2. The fourth-order valence-corrected chi connectivity index (χ4v) is 4.41. The van der Waals surface area contributed by atoms with Gasteiger partial charge < -0.3 is 24.3 Å². The van der Waals surface area contributed by atoms with E-state index in [0.717, 1.165) is 5.56 Å². The molecule has 10 heteroatoms. The van der Waals surface area contributed by atoms with Gasteiger partial charge in [-0.3, -0.25) is 9.59 Å². The highest BCUT2D eigenvalue weighted by Crippen LogP contribution is 2.37. The molecular formula is C29H30BrN3O6. The summed E-state index contributed by atoms with van der Waals surface area (Å²) in [6.45, 7) is 6.52. The number of amides is 2. The highest BCUT2D eigenvalue weighted by atomic mass is 79.9. The van der Waals surface area contributed by atoms with E-state index in [1.54, 1.807) is 24.3 Å². The van der Waals surface area contributed by atoms with Crippen LogP contribution in [0.4, 0.5) is 0 Å². The number of carbonyl (C=O) groups excluding carboxylic acids is 2. The fraction of sp³-hybridized carbons (Fsp3) is 0.276. The Labute approximate surface area is 235 Å². The Morgan fingerprint density at radius 2 is 1.82 bits per heavy atom. The SMILES string of the molecule is CCOc1cc(/C=N/NC(=O)C(NC(=O)c2ccc3c(c2)OCO3)C(C)C)cc(Br)c1OCc1ccccc1. The van der Waals surface area contributed by atoms with Crippen molar-refractivity contribution in [2.75, 3.05) is 13.4 Å². The van der Waals surface area contributed by atoms with Crippen molar-refractivity contribution < 1.29 is 28.5 Å². The van der Waals surface area contributed by atoms with E-state index in [1.807, 2.05) is 57.2 Å². The van der Waals surface area contributed by atoms with Gasteiger partial charge in [-0.15, -0.1) is 0 Å². The second-order valence-corrected chi connectivity index (χ2v) is 9.89. The van der Waals surface area contributed by atoms with Crippen LogP contribution in [0.3, 0.4) is 0 Å². The monoisotopic (exact) mass is 595 g/mol. The summed E-state index contributed by atoms with van der Waals surface area (Å²) in [7, 11) is 0. The van der Waals surface area contributed by atoms with Gasteiger partial charge in [-0.25, -0.2) is 5.43 Å². The van der Waals surface area contributed by atoms with Crippen LogP contribution in [0.5, 0.6) is 23.0 Å². The Bertz CT molecular complexity index is 1350. The molecule has 3 aromatic rings. The van der Waals surface area contributed by atoms with E-state index >= 15 is 0 Å². The molecule has 4 rings (SSSR count). The minimum atomic E-state index is -0.806. The molecule has 39 heavy (non-hydrogen) atoms. The zero-order valence-corrected chi connectivity index (χ0v) is 23.5. The molecule has 0 spiro atoms. The summed E-state index contributed by atoms with van der Waals surface area (Å²) in [5.74, 6) is 1.17. The van der Waals surface area contributed by atoms with E-state index in [0.29, 0.717) is 51.8 Å². The van der Waals surface area contributed by atoms with Crippen LogP contribution in [0.25, 0.3) is 0 Å². The summed E-state index contributed by atoms with van der Waals surface area (Å²) in [6.07, 6.45) is 1.50. The molecule has 1 unspecified atom stereocenters. The number of hydrogen-bond donors (Lipinski definition) is 2. The van der Waals surface area contributed by atoms with E-state index < -0.39 is 17.9 Å². The number of halogens is 1. The van der Waals surface area contributed by atoms with Crippen molar-refractivity contribution in [1.82, 2.24) is 10.7 Å². The van der Waals surface area contributed by atoms with Gasteiger partial charge in [0.15, 0.2) is 23.0 Å². The number of carbonyl (C=O) groups is 2. The van der Waals surface area contributed by atoms with Crippen molar-refractivity contribution in [2.24, 2.45) is 11.0 Å². The zero-order chi connectivity index (χ0) is 27.8. The quantitative estimate of drug-likeness (QED) is 0.237. The summed E-state index contributed by atoms with van der Waals surface area (Å²) in [4.78, 5) is 25.7. The fourth-order valence-electron chi connectivity index (χ4n) is 3.83. The normalized spacial score (nSPS) is 12.8. The summed E-state index contributed by atoms with van der Waals surface area (Å²) in [5.41, 5.74) is 4.61. The molecule has 0 radical (unpaired) electrons. The molecule has 1 aliphatic rings. The van der Waals surface area contributed by atoms with Gasteiger partial charge in [-0.1, -0.05) is 44.2 Å². The average molecular weight is 596 g/mol. The van der Waals surface area contributed by atoms with E-state index in [1.165, 1.54) is 6.21 Å². The Hall–Kier alpha value is -4.05. The van der Waals surface area contributed by atoms with Crippen LogP contribution in [0, 0.1) is 5.92 Å². The zero-order valence-electron chi connectivity index (χ0n) is 21.9. The maximum absolute atomic E-state index is 12.9. The van der Waals surface area contributed by atoms with Crippen LogP contribution < -0.4 is 29.7 Å². The van der Waals surface area contributed by atoms with Gasteiger partial charge in [0.1, 0.15) is 12.6 Å². The molecule has 2 amide bonds. The van der Waals surface area contributed by atoms with Crippen LogP contribution >= 0.6 is 15.9 Å². The van der Waals surface area contributed by atoms with Gasteiger partial charge in [-0.2, -0.15) is 5.10 Å². The molecular weight excluding hydrogens is 566 g/mol. The predicted molar refractivity (Wildman–Crippen MR) is 150 cm³/mol. The smallest absolute Gasteiger partial charge is 0.262 e. The molecule has 0 aliphatic carbocycles. The number of fused-ring (bicyclic) bond motifs is 1. The van der Waals surface area contributed by atoms with Crippen LogP contribution in [-0.4, -0.2) is 37.5 Å². The number of benzene rings is 3. The average Bonchev–Trinajstić information content (AvgIpc) is 3.40. The van der Waals surface area contributed by atoms with Crippen molar-refractivity contribution in [3.05, 3.63) is 81.8 Å². The van der Waals surface area contributed by atoms with Crippen molar-refractivity contribution in [1.29, 1.82) is 0 Å². The standard InChI is InChI=1S/C29H30BrN3O6/c1-4-36-25-13-20(12-22(30)27(25)37-16-19-8-6-5-7-9-19)15-31-33-29(35)26(18(2)3)32-28(34)21-10-11-23-24(14-21)39-17-38-23/h5-15,18,26H,4,16-17H2,1-3H3,(H,32,34)(H,33,35)/b31-15+. The second-order valence-electron chi connectivity index (χ2n) is 9.03. The van der Waals surface area contributed by atoms with Crippen LogP contribution in [0.15, 0.2) is 70.2 Å². The summed E-state index contributed by atoms with van der Waals surface area (Å²) < 4.78 is 23.1. The summed E-state index contributed by atoms with van der Waals surface area (Å²) >= 11 is 3.55. The number of hydrogen-bond acceptors (Lipinski definition) is 7. The van der Waals surface area contributed by atoms with Crippen LogP contribution in [0.2, 0.25) is 0 Å². The first-order chi connectivity index (χ1) is 18.9. The minimum absolute atomic E-state index is 0.113. The van der Waals surface area contributed by atoms with Gasteiger partial charge in [0.25, 0.3) is 11.8 Å². The largest absolute Gasteiger partial charge is 0.490 e. The molecule has 9 nitrogen and oxygen atoms in total. The highest BCUT2D eigenvalue weighted by molar-refractivity contribution is 9.10. The first kappa shape index (κ1) is 28.0. The minimum Gasteiger partial charge on any atom is -0.490 e. The van der Waals surface area contributed by atoms with E-state index in [2.05, 4.69) is 31.8 Å². The Morgan fingerprint density at radius 3 is 2.56 bits per heavy atom. The van der Waals surface area contributed by atoms with E-state index in [9.17, 15) is 9.59 Å². The van der Waals surface area contributed by atoms with Crippen LogP contribution in [-0.2, 0) is 11.4 Å². The molecule has 1 atom stereocenters. The van der Waals surface area contributed by atoms with E-state index in [-0.39, 0.29) is 12.7 Å². The maximum atomic E-state index is 12.9. The van der Waals surface area contributed by atoms with Gasteiger partial charge in [0.05, 0.1) is 17.3 Å². The Balaban J connectivity index is 1.40. The molecule has 0 bridgehead atoms. The highest BCUT2D eigenvalue weighted by Gasteiger charge is 2.25. The third-order valence-electron chi connectivity index (χ3n) is 5.82. The summed E-state index contributed by atoms with van der Waals surface area (Å²) in [5, 5.41) is 6.89. The second kappa shape index (κ2) is 13.1. The number of nitrogens with zero attached hydrogens (tertiary/aromatic N) is 1. The first-order valence-corrected chi connectivity index (χ1v) is 13.3. The third kappa shape index (κ3) is 7.29. The van der Waals surface area contributed by atoms with Gasteiger partial charge >= 0.3 is 0 Å². The number of rotatable bonds is 11. The summed E-state index contributed by atoms with van der Waals surface area (Å²) in [6, 6.07) is 17.5. The lowest BCUT2D eigenvalue weighted by Crippen LogP contribution is -2.48. The molecule has 0 aromatic heterocycles. The predicted octanol–water partition coefficient (Wildman–Crippen LogP) is 5.06. The molecule has 1 aliphatic heterocycles. The molecule has 2 N–H and O–H groups in total. The topological polar surface area (TPSA) is 107 Å². The van der Waals surface area contributed by atoms with Crippen molar-refractivity contribution in [3.63, 3.8) is 0 Å². The third-order valence-corrected chi connectivity index (χ3v) is 6.41. The van der Waals surface area contributed by atoms with Gasteiger partial charge in [0, 0.05) is 5.56 Å². The van der Waals surface area contributed by atoms with E-state index in [4.69, 9.17) is 18.9 Å². The maximum Gasteiger partial charge on any atom is 0.262 e. The Morgan fingerprint density at radius 1 is 1.05 bits per heavy atom. The molecule has 3 aromatic carbocycles. The van der Waals surface area contributed by atoms with Crippen molar-refractivity contribution >= 4 is 34.0 Å².